The molecule has 4 aromatic heterocycles. The van der Waals surface area contributed by atoms with Crippen LogP contribution in [0.25, 0.3) is 16.9 Å². The highest BCUT2D eigenvalue weighted by Crippen LogP contribution is 2.37. The number of aryl methyl sites for hydroxylation is 1. The van der Waals surface area contributed by atoms with E-state index >= 15 is 0 Å². The van der Waals surface area contributed by atoms with Gasteiger partial charge < -0.3 is 5.32 Å². The Morgan fingerprint density at radius 2 is 2.06 bits per heavy atom. The van der Waals surface area contributed by atoms with Gasteiger partial charge in [0.05, 0.1) is 11.4 Å². The fourth-order valence-electron chi connectivity index (χ4n) is 4.34. The van der Waals surface area contributed by atoms with Gasteiger partial charge in [-0.15, -0.1) is 10.2 Å². The Hall–Kier alpha value is -3.50. The Morgan fingerprint density at radius 1 is 1.19 bits per heavy atom. The third-order valence-corrected chi connectivity index (χ3v) is 5.89. The van der Waals surface area contributed by atoms with Gasteiger partial charge in [0.25, 0.3) is 0 Å². The summed E-state index contributed by atoms with van der Waals surface area (Å²) in [7, 11) is 0. The minimum absolute atomic E-state index is 0.0137. The number of anilines is 1. The minimum Gasteiger partial charge on any atom is -0.351 e. The van der Waals surface area contributed by atoms with E-state index in [0.29, 0.717) is 11.3 Å². The molecule has 1 fully saturated rings. The molecule has 2 N–H and O–H groups in total. The number of pyridine rings is 1. The molecule has 0 aromatic carbocycles. The second-order valence-corrected chi connectivity index (χ2v) is 8.03. The van der Waals surface area contributed by atoms with E-state index in [9.17, 15) is 13.2 Å². The smallest absolute Gasteiger partial charge is 0.351 e. The molecule has 0 aliphatic heterocycles. The number of nitrogens with zero attached hydrogens (tertiary/aromatic N) is 6. The topological polar surface area (TPSA) is 96.7 Å². The zero-order valence-electron chi connectivity index (χ0n) is 17.3. The molecule has 11 heteroatoms. The number of rotatable bonds is 4. The molecular formula is C21H21F3N8. The maximum atomic E-state index is 13.6. The number of fused-ring (bicyclic) bond motifs is 1. The highest BCUT2D eigenvalue weighted by atomic mass is 19.4. The summed E-state index contributed by atoms with van der Waals surface area (Å²) in [5, 5.41) is 18.4. The first-order valence-corrected chi connectivity index (χ1v) is 10.4. The lowest BCUT2D eigenvalue weighted by Crippen LogP contribution is -2.28. The van der Waals surface area contributed by atoms with Crippen molar-refractivity contribution in [2.45, 2.75) is 50.7 Å². The average Bonchev–Trinajstić information content (AvgIpc) is 3.39. The van der Waals surface area contributed by atoms with Crippen molar-refractivity contribution < 1.29 is 13.2 Å². The summed E-state index contributed by atoms with van der Waals surface area (Å²) in [4.78, 5) is 8.21. The lowest BCUT2D eigenvalue weighted by molar-refractivity contribution is -0.137. The maximum Gasteiger partial charge on any atom is 0.419 e. The van der Waals surface area contributed by atoms with Gasteiger partial charge in [0.2, 0.25) is 5.95 Å². The summed E-state index contributed by atoms with van der Waals surface area (Å²) in [5.74, 6) is 1.25. The molecule has 1 saturated carbocycles. The van der Waals surface area contributed by atoms with Crippen LogP contribution in [0.3, 0.4) is 0 Å². The number of aromatic nitrogens is 7. The van der Waals surface area contributed by atoms with Crippen LogP contribution in [0.15, 0.2) is 36.8 Å². The van der Waals surface area contributed by atoms with Crippen LogP contribution >= 0.6 is 0 Å². The van der Waals surface area contributed by atoms with Crippen molar-refractivity contribution in [2.24, 2.45) is 0 Å². The molecule has 1 aliphatic rings. The van der Waals surface area contributed by atoms with E-state index in [2.05, 4.69) is 35.7 Å². The van der Waals surface area contributed by atoms with Gasteiger partial charge in [-0.05, 0) is 38.3 Å². The third kappa shape index (κ3) is 3.78. The number of hydrogen-bond acceptors (Lipinski definition) is 6. The van der Waals surface area contributed by atoms with Crippen molar-refractivity contribution in [1.82, 2.24) is 34.8 Å². The molecule has 0 amide bonds. The van der Waals surface area contributed by atoms with E-state index in [-0.39, 0.29) is 23.6 Å². The van der Waals surface area contributed by atoms with Gasteiger partial charge in [-0.2, -0.15) is 18.3 Å². The Balaban J connectivity index is 1.41. The van der Waals surface area contributed by atoms with E-state index in [1.165, 1.54) is 6.20 Å². The molecular weight excluding hydrogens is 421 g/mol. The zero-order chi connectivity index (χ0) is 22.3. The van der Waals surface area contributed by atoms with Crippen molar-refractivity contribution >= 4 is 11.6 Å². The van der Waals surface area contributed by atoms with E-state index in [0.717, 1.165) is 43.4 Å². The normalized spacial score (nSPS) is 19.4. The Kier molecular flexibility index (Phi) is 5.03. The number of hydrogen-bond donors (Lipinski definition) is 2. The van der Waals surface area contributed by atoms with Crippen molar-refractivity contribution in [1.29, 1.82) is 0 Å². The fourth-order valence-corrected chi connectivity index (χ4v) is 4.34. The Bertz CT molecular complexity index is 1250. The monoisotopic (exact) mass is 442 g/mol. The van der Waals surface area contributed by atoms with Crippen LogP contribution in [0.5, 0.6) is 0 Å². The molecule has 4 heterocycles. The highest BCUT2D eigenvalue weighted by molar-refractivity contribution is 5.66. The lowest BCUT2D eigenvalue weighted by atomic mass is 9.85. The molecule has 0 unspecified atom stereocenters. The van der Waals surface area contributed by atoms with E-state index in [1.54, 1.807) is 6.92 Å². The quantitative estimate of drug-likeness (QED) is 0.487. The standard InChI is InChI=1S/C21H21F3N8/c1-12-15(10-26-29-12)18-16(21(22,23)24)11-25-20(28-18)27-14-6-4-5-13(9-14)19-31-30-17-7-2-3-8-32(17)19/h2-3,7-8,10-11,13-14H,4-6,9H2,1H3,(H,26,29)(H,25,27,28)/t13-,14+/m0/s1. The van der Waals surface area contributed by atoms with Crippen molar-refractivity contribution in [3.8, 4) is 11.3 Å². The van der Waals surface area contributed by atoms with E-state index in [1.807, 2.05) is 28.8 Å². The number of aromatic amines is 1. The third-order valence-electron chi connectivity index (χ3n) is 5.89. The molecule has 0 radical (unpaired) electrons. The summed E-state index contributed by atoms with van der Waals surface area (Å²) >= 11 is 0. The van der Waals surface area contributed by atoms with Crippen LogP contribution in [0.2, 0.25) is 0 Å². The molecule has 5 rings (SSSR count). The van der Waals surface area contributed by atoms with E-state index < -0.39 is 11.7 Å². The summed E-state index contributed by atoms with van der Waals surface area (Å²) < 4.78 is 42.6. The molecule has 0 spiro atoms. The first-order valence-electron chi connectivity index (χ1n) is 10.4. The van der Waals surface area contributed by atoms with Crippen molar-refractivity contribution in [3.05, 3.63) is 53.9 Å². The molecule has 4 aromatic rings. The van der Waals surface area contributed by atoms with Gasteiger partial charge in [0.15, 0.2) is 5.65 Å². The molecule has 32 heavy (non-hydrogen) atoms. The largest absolute Gasteiger partial charge is 0.419 e. The van der Waals surface area contributed by atoms with Crippen LogP contribution in [0, 0.1) is 6.92 Å². The van der Waals surface area contributed by atoms with Gasteiger partial charge in [-0.1, -0.05) is 12.5 Å². The first kappa shape index (κ1) is 20.4. The minimum atomic E-state index is -4.57. The Morgan fingerprint density at radius 3 is 2.84 bits per heavy atom. The second-order valence-electron chi connectivity index (χ2n) is 8.03. The lowest BCUT2D eigenvalue weighted by Gasteiger charge is -2.29. The molecule has 8 nitrogen and oxygen atoms in total. The number of halogens is 3. The first-order chi connectivity index (χ1) is 15.4. The maximum absolute atomic E-state index is 13.6. The summed E-state index contributed by atoms with van der Waals surface area (Å²) in [5.41, 5.74) is 0.473. The summed E-state index contributed by atoms with van der Waals surface area (Å²) in [6, 6.07) is 5.78. The van der Waals surface area contributed by atoms with Gasteiger partial charge >= 0.3 is 6.18 Å². The molecule has 166 valence electrons. The molecule has 1 aliphatic carbocycles. The van der Waals surface area contributed by atoms with Crippen molar-refractivity contribution in [3.63, 3.8) is 0 Å². The molecule has 2 atom stereocenters. The predicted molar refractivity (Wildman–Crippen MR) is 111 cm³/mol. The Labute approximate surface area is 181 Å². The number of alkyl halides is 3. The van der Waals surface area contributed by atoms with Gasteiger partial charge in [-0.3, -0.25) is 9.50 Å². The van der Waals surface area contributed by atoms with Crippen LogP contribution < -0.4 is 5.32 Å². The predicted octanol–water partition coefficient (Wildman–Crippen LogP) is 4.37. The second kappa shape index (κ2) is 7.88. The zero-order valence-corrected chi connectivity index (χ0v) is 17.3. The van der Waals surface area contributed by atoms with Gasteiger partial charge in [-0.25, -0.2) is 9.97 Å². The van der Waals surface area contributed by atoms with Crippen molar-refractivity contribution in [2.75, 3.05) is 5.32 Å². The molecule has 0 saturated heterocycles. The summed E-state index contributed by atoms with van der Waals surface area (Å²) in [6.45, 7) is 1.63. The average molecular weight is 442 g/mol. The van der Waals surface area contributed by atoms with E-state index in [4.69, 9.17) is 0 Å². The van der Waals surface area contributed by atoms with Crippen LogP contribution in [-0.4, -0.2) is 40.8 Å². The highest BCUT2D eigenvalue weighted by Gasteiger charge is 2.36. The van der Waals surface area contributed by atoms with Gasteiger partial charge in [0, 0.05) is 36.1 Å². The van der Waals surface area contributed by atoms with Gasteiger partial charge in [0.1, 0.15) is 11.4 Å². The van der Waals surface area contributed by atoms with Crippen LogP contribution in [0.1, 0.15) is 48.7 Å². The number of H-pyrrole nitrogens is 1. The van der Waals surface area contributed by atoms with Crippen LogP contribution in [-0.2, 0) is 6.18 Å². The van der Waals surface area contributed by atoms with Crippen LogP contribution in [0.4, 0.5) is 19.1 Å². The SMILES string of the molecule is Cc1n[nH]cc1-c1nc(N[C@@H]2CCC[C@H](c3nnc4ccccn34)C2)ncc1C(F)(F)F. The molecule has 0 bridgehead atoms. The fraction of sp³-hybridized carbons (Fsp3) is 0.381. The summed E-state index contributed by atoms with van der Waals surface area (Å²) in [6.07, 6.45) is 3.20. The number of nitrogens with one attached hydrogen (secondary N) is 2.